The Morgan fingerprint density at radius 2 is 1.76 bits per heavy atom. The zero-order valence-corrected chi connectivity index (χ0v) is 16.7. The number of aryl methyl sites for hydroxylation is 1. The van der Waals surface area contributed by atoms with Crippen molar-refractivity contribution in [1.29, 1.82) is 0 Å². The summed E-state index contributed by atoms with van der Waals surface area (Å²) in [6, 6.07) is 6.11. The van der Waals surface area contributed by atoms with Gasteiger partial charge in [0.05, 0.1) is 11.1 Å². The molecule has 0 atom stereocenters. The number of primary amides is 1. The molecule has 152 valence electrons. The number of amides is 3. The quantitative estimate of drug-likeness (QED) is 0.625. The maximum absolute atomic E-state index is 12.2. The van der Waals surface area contributed by atoms with Gasteiger partial charge in [0.15, 0.2) is 6.61 Å². The van der Waals surface area contributed by atoms with E-state index < -0.39 is 24.4 Å². The number of anilines is 2. The van der Waals surface area contributed by atoms with E-state index in [1.165, 1.54) is 30.4 Å². The largest absolute Gasteiger partial charge is 0.452 e. The van der Waals surface area contributed by atoms with Crippen molar-refractivity contribution in [2.24, 2.45) is 5.73 Å². The molecular weight excluding hydrogens is 394 g/mol. The van der Waals surface area contributed by atoms with Crippen molar-refractivity contribution in [1.82, 2.24) is 0 Å². The van der Waals surface area contributed by atoms with Crippen LogP contribution in [0, 0.1) is 0 Å². The van der Waals surface area contributed by atoms with Crippen LogP contribution in [0.1, 0.15) is 50.9 Å². The van der Waals surface area contributed by atoms with Gasteiger partial charge in [-0.05, 0) is 55.5 Å². The van der Waals surface area contributed by atoms with Crippen molar-refractivity contribution in [2.45, 2.75) is 32.6 Å². The molecule has 1 aliphatic carbocycles. The van der Waals surface area contributed by atoms with Crippen molar-refractivity contribution < 1.29 is 23.9 Å². The second-order valence-electron chi connectivity index (χ2n) is 6.66. The summed E-state index contributed by atoms with van der Waals surface area (Å²) in [6.07, 6.45) is 3.65. The van der Waals surface area contributed by atoms with Gasteiger partial charge in [0, 0.05) is 17.5 Å². The number of nitrogens with one attached hydrogen (secondary N) is 2. The van der Waals surface area contributed by atoms with E-state index in [-0.39, 0.29) is 11.5 Å². The smallest absolute Gasteiger partial charge is 0.338 e. The minimum absolute atomic E-state index is 0.220. The molecule has 9 heteroatoms. The minimum Gasteiger partial charge on any atom is -0.452 e. The Morgan fingerprint density at radius 1 is 1.07 bits per heavy atom. The van der Waals surface area contributed by atoms with Crippen LogP contribution in [0.2, 0.25) is 0 Å². The van der Waals surface area contributed by atoms with Gasteiger partial charge in [-0.3, -0.25) is 14.4 Å². The number of carbonyl (C=O) groups excluding carboxylic acids is 4. The molecule has 1 heterocycles. The van der Waals surface area contributed by atoms with Crippen molar-refractivity contribution in [3.63, 3.8) is 0 Å². The van der Waals surface area contributed by atoms with Gasteiger partial charge in [-0.2, -0.15) is 0 Å². The Hall–Kier alpha value is -3.20. The molecule has 3 amide bonds. The molecule has 8 nitrogen and oxygen atoms in total. The average molecular weight is 415 g/mol. The van der Waals surface area contributed by atoms with Crippen molar-refractivity contribution >= 4 is 45.7 Å². The van der Waals surface area contributed by atoms with Gasteiger partial charge in [-0.25, -0.2) is 4.79 Å². The Morgan fingerprint density at radius 3 is 2.41 bits per heavy atom. The predicted molar refractivity (Wildman–Crippen MR) is 109 cm³/mol. The maximum Gasteiger partial charge on any atom is 0.338 e. The monoisotopic (exact) mass is 415 g/mol. The Bertz CT molecular complexity index is 965. The topological polar surface area (TPSA) is 128 Å². The van der Waals surface area contributed by atoms with Crippen LogP contribution in [0.25, 0.3) is 0 Å². The highest BCUT2D eigenvalue weighted by Gasteiger charge is 2.25. The summed E-state index contributed by atoms with van der Waals surface area (Å²) >= 11 is 1.35. The van der Waals surface area contributed by atoms with E-state index in [4.69, 9.17) is 10.5 Å². The third-order valence-corrected chi connectivity index (χ3v) is 5.65. The first-order valence-corrected chi connectivity index (χ1v) is 9.95. The number of rotatable bonds is 6. The number of fused-ring (bicyclic) bond motifs is 1. The standard InChI is InChI=1S/C20H21N3O5S/c1-11(24)22-13-8-6-12(7-9-13)20(27)28-10-16(25)23-19-17(18(21)26)14-4-2-3-5-15(14)29-19/h6-9H,2-5,10H2,1H3,(H2,21,26)(H,22,24)(H,23,25). The molecule has 0 bridgehead atoms. The number of carbonyl (C=O) groups is 4. The zero-order valence-electron chi connectivity index (χ0n) is 15.9. The number of benzene rings is 1. The van der Waals surface area contributed by atoms with Gasteiger partial charge in [-0.1, -0.05) is 0 Å². The fourth-order valence-electron chi connectivity index (χ4n) is 3.18. The average Bonchev–Trinajstić information content (AvgIpc) is 3.04. The third kappa shape index (κ3) is 5.00. The number of hydrogen-bond donors (Lipinski definition) is 3. The Labute approximate surface area is 171 Å². The van der Waals surface area contributed by atoms with E-state index in [2.05, 4.69) is 10.6 Å². The molecule has 2 aromatic rings. The Balaban J connectivity index is 1.60. The second kappa shape index (κ2) is 8.87. The summed E-state index contributed by atoms with van der Waals surface area (Å²) in [5.41, 5.74) is 7.58. The number of esters is 1. The van der Waals surface area contributed by atoms with Crippen LogP contribution >= 0.6 is 11.3 Å². The molecule has 1 aromatic heterocycles. The highest BCUT2D eigenvalue weighted by atomic mass is 32.1. The van der Waals surface area contributed by atoms with Crippen molar-refractivity contribution in [3.05, 3.63) is 45.8 Å². The summed E-state index contributed by atoms with van der Waals surface area (Å²) in [5.74, 6) is -2.01. The van der Waals surface area contributed by atoms with Crippen LogP contribution in [0.15, 0.2) is 24.3 Å². The third-order valence-electron chi connectivity index (χ3n) is 4.45. The van der Waals surface area contributed by atoms with E-state index in [1.54, 1.807) is 12.1 Å². The molecule has 0 fully saturated rings. The lowest BCUT2D eigenvalue weighted by atomic mass is 9.95. The van der Waals surface area contributed by atoms with Gasteiger partial charge >= 0.3 is 5.97 Å². The molecule has 0 radical (unpaired) electrons. The molecule has 29 heavy (non-hydrogen) atoms. The SMILES string of the molecule is CC(=O)Nc1ccc(C(=O)OCC(=O)Nc2sc3c(c2C(N)=O)CCCC3)cc1. The van der Waals surface area contributed by atoms with E-state index in [0.717, 1.165) is 36.1 Å². The van der Waals surface area contributed by atoms with Crippen LogP contribution in [0.3, 0.4) is 0 Å². The van der Waals surface area contributed by atoms with Crippen LogP contribution in [0.5, 0.6) is 0 Å². The molecule has 1 aliphatic rings. The molecule has 4 N–H and O–H groups in total. The van der Waals surface area contributed by atoms with Crippen LogP contribution in [0.4, 0.5) is 10.7 Å². The van der Waals surface area contributed by atoms with Crippen LogP contribution < -0.4 is 16.4 Å². The zero-order chi connectivity index (χ0) is 21.0. The van der Waals surface area contributed by atoms with Gasteiger partial charge < -0.3 is 21.1 Å². The van der Waals surface area contributed by atoms with E-state index in [1.807, 2.05) is 0 Å². The first kappa shape index (κ1) is 20.5. The molecule has 0 aliphatic heterocycles. The Kier molecular flexibility index (Phi) is 6.28. The summed E-state index contributed by atoms with van der Waals surface area (Å²) in [5, 5.41) is 5.64. The first-order valence-electron chi connectivity index (χ1n) is 9.14. The maximum atomic E-state index is 12.2. The van der Waals surface area contributed by atoms with Gasteiger partial charge in [-0.15, -0.1) is 11.3 Å². The van der Waals surface area contributed by atoms with Crippen LogP contribution in [-0.4, -0.2) is 30.3 Å². The second-order valence-corrected chi connectivity index (χ2v) is 7.77. The summed E-state index contributed by atoms with van der Waals surface area (Å²) in [4.78, 5) is 48.3. The fraction of sp³-hybridized carbons (Fsp3) is 0.300. The van der Waals surface area contributed by atoms with Gasteiger partial charge in [0.2, 0.25) is 5.91 Å². The number of hydrogen-bond acceptors (Lipinski definition) is 6. The van der Waals surface area contributed by atoms with Crippen molar-refractivity contribution in [2.75, 3.05) is 17.2 Å². The van der Waals surface area contributed by atoms with E-state index >= 15 is 0 Å². The van der Waals surface area contributed by atoms with E-state index in [0.29, 0.717) is 16.3 Å². The number of ether oxygens (including phenoxy) is 1. The summed E-state index contributed by atoms with van der Waals surface area (Å²) in [7, 11) is 0. The normalized spacial score (nSPS) is 12.6. The molecule has 0 saturated heterocycles. The van der Waals surface area contributed by atoms with Crippen LogP contribution in [-0.2, 0) is 27.2 Å². The highest BCUT2D eigenvalue weighted by Crippen LogP contribution is 2.37. The lowest BCUT2D eigenvalue weighted by Gasteiger charge is -2.11. The van der Waals surface area contributed by atoms with Gasteiger partial charge in [0.1, 0.15) is 5.00 Å². The molecule has 0 unspecified atom stereocenters. The summed E-state index contributed by atoms with van der Waals surface area (Å²) in [6.45, 7) is 0.890. The number of thiophene rings is 1. The lowest BCUT2D eigenvalue weighted by molar-refractivity contribution is -0.119. The highest BCUT2D eigenvalue weighted by molar-refractivity contribution is 7.17. The minimum atomic E-state index is -0.671. The molecule has 0 spiro atoms. The van der Waals surface area contributed by atoms with Gasteiger partial charge in [0.25, 0.3) is 11.8 Å². The lowest BCUT2D eigenvalue weighted by Crippen LogP contribution is -2.23. The molecular formula is C20H21N3O5S. The number of nitrogens with two attached hydrogens (primary N) is 1. The fourth-order valence-corrected chi connectivity index (χ4v) is 4.50. The predicted octanol–water partition coefficient (Wildman–Crippen LogP) is 2.48. The van der Waals surface area contributed by atoms with Crippen molar-refractivity contribution in [3.8, 4) is 0 Å². The summed E-state index contributed by atoms with van der Waals surface area (Å²) < 4.78 is 5.04. The first-order chi connectivity index (χ1) is 13.8. The molecule has 1 aromatic carbocycles. The van der Waals surface area contributed by atoms with E-state index in [9.17, 15) is 19.2 Å². The molecule has 3 rings (SSSR count). The molecule has 0 saturated carbocycles.